The maximum absolute atomic E-state index is 11.2. The van der Waals surface area contributed by atoms with Gasteiger partial charge in [0.1, 0.15) is 12.4 Å². The molecule has 1 aromatic heterocycles. The van der Waals surface area contributed by atoms with E-state index in [1.165, 1.54) is 11.1 Å². The van der Waals surface area contributed by atoms with E-state index in [0.717, 1.165) is 71.0 Å². The molecule has 0 radical (unpaired) electrons. The van der Waals surface area contributed by atoms with Gasteiger partial charge in [0.2, 0.25) is 0 Å². The Morgan fingerprint density at radius 1 is 1.02 bits per heavy atom. The first kappa shape index (κ1) is 33.8. The van der Waals surface area contributed by atoms with Gasteiger partial charge in [-0.25, -0.2) is 0 Å². The molecule has 8 heteroatoms. The van der Waals surface area contributed by atoms with Crippen LogP contribution in [0, 0.1) is 0 Å². The number of benzene rings is 3. The van der Waals surface area contributed by atoms with Gasteiger partial charge in [-0.05, 0) is 91.3 Å². The Morgan fingerprint density at radius 3 is 2.69 bits per heavy atom. The lowest BCUT2D eigenvalue weighted by Gasteiger charge is -2.29. The van der Waals surface area contributed by atoms with Crippen LogP contribution in [0.3, 0.4) is 0 Å². The van der Waals surface area contributed by atoms with Crippen LogP contribution in [0.15, 0.2) is 90.3 Å². The summed E-state index contributed by atoms with van der Waals surface area (Å²) in [6.07, 6.45) is 12.3. The smallest absolute Gasteiger partial charge is 0.161 e. The molecule has 3 unspecified atom stereocenters. The summed E-state index contributed by atoms with van der Waals surface area (Å²) in [6.45, 7) is 3.55. The topological polar surface area (TPSA) is 114 Å². The Kier molecular flexibility index (Phi) is 11.2. The molecule has 2 aliphatic heterocycles. The van der Waals surface area contributed by atoms with Crippen molar-refractivity contribution in [1.29, 1.82) is 0 Å². The fraction of sp³-hybridized carbons (Fsp3) is 0.400. The lowest BCUT2D eigenvalue weighted by molar-refractivity contribution is 0.0171. The Hall–Kier alpha value is -4.08. The molecule has 4 bridgehead atoms. The third kappa shape index (κ3) is 8.31. The summed E-state index contributed by atoms with van der Waals surface area (Å²) in [5.74, 6) is 1.43. The number of nitrogens with two attached hydrogens (primary N) is 1. The Morgan fingerprint density at radius 2 is 1.88 bits per heavy atom. The van der Waals surface area contributed by atoms with Crippen LogP contribution in [-0.2, 0) is 24.2 Å². The zero-order chi connectivity index (χ0) is 33.5. The maximum Gasteiger partial charge on any atom is 0.161 e. The fourth-order valence-corrected chi connectivity index (χ4v) is 6.85. The van der Waals surface area contributed by atoms with Gasteiger partial charge in [0.25, 0.3) is 0 Å². The van der Waals surface area contributed by atoms with Crippen LogP contribution in [0.4, 0.5) is 0 Å². The van der Waals surface area contributed by atoms with E-state index in [-0.39, 0.29) is 24.6 Å². The second-order valence-corrected chi connectivity index (χ2v) is 13.3. The summed E-state index contributed by atoms with van der Waals surface area (Å²) in [4.78, 5) is 0. The highest BCUT2D eigenvalue weighted by atomic mass is 16.5. The highest BCUT2D eigenvalue weighted by Crippen LogP contribution is 2.32. The van der Waals surface area contributed by atoms with Gasteiger partial charge in [0.15, 0.2) is 11.5 Å². The van der Waals surface area contributed by atoms with Crippen LogP contribution in [0.25, 0.3) is 16.6 Å². The summed E-state index contributed by atoms with van der Waals surface area (Å²) in [5, 5.41) is 30.9. The molecule has 0 fully saturated rings. The standard InChI is InChI=1S/C40H50N4O4/c1-3-4-6-11-35-21-34(45)14-12-28-13-15-37(46)38(19-28)48-25-32-18-29(16-27-9-7-5-8-10-27)17-31-23-44(24-36(31)32)40-33(26-47-35)20-30(22-42-2)39(41)43-40/h5,7-10,13,15,17-20,23-24,34-35,39,42-43,45-46H,3-4,6,11-12,14,16,21-22,25-26,41H2,1-2H3. The molecule has 0 aliphatic carbocycles. The molecule has 0 saturated carbocycles. The van der Waals surface area contributed by atoms with Crippen LogP contribution < -0.4 is 21.1 Å². The van der Waals surface area contributed by atoms with Gasteiger partial charge in [-0.3, -0.25) is 0 Å². The number of aryl methyl sites for hydroxylation is 1. The lowest BCUT2D eigenvalue weighted by Crippen LogP contribution is -2.44. The second-order valence-electron chi connectivity index (χ2n) is 13.3. The third-order valence-electron chi connectivity index (χ3n) is 9.46. The minimum Gasteiger partial charge on any atom is -0.504 e. The van der Waals surface area contributed by atoms with E-state index in [1.807, 2.05) is 25.2 Å². The molecular weight excluding hydrogens is 600 g/mol. The zero-order valence-corrected chi connectivity index (χ0v) is 28.3. The molecule has 0 amide bonds. The Labute approximate surface area is 284 Å². The highest BCUT2D eigenvalue weighted by molar-refractivity contribution is 5.88. The van der Waals surface area contributed by atoms with Gasteiger partial charge in [0, 0.05) is 35.3 Å². The molecule has 6 N–H and O–H groups in total. The number of aromatic nitrogens is 1. The van der Waals surface area contributed by atoms with Gasteiger partial charge >= 0.3 is 0 Å². The van der Waals surface area contributed by atoms with Crippen LogP contribution in [0.2, 0.25) is 0 Å². The van der Waals surface area contributed by atoms with Gasteiger partial charge in [-0.2, -0.15) is 0 Å². The van der Waals surface area contributed by atoms with Gasteiger partial charge in [-0.15, -0.1) is 0 Å². The van der Waals surface area contributed by atoms with Crippen LogP contribution >= 0.6 is 0 Å². The van der Waals surface area contributed by atoms with Crippen molar-refractivity contribution in [1.82, 2.24) is 15.2 Å². The van der Waals surface area contributed by atoms with E-state index in [2.05, 4.69) is 77.0 Å². The minimum atomic E-state index is -0.511. The number of phenols is 1. The SMILES string of the molecule is CCCCCC1CC(O)CCc2ccc(O)c(c2)OCc2cc(Cc3ccccc3)cc3cn(cc23)C2=C(C=C(CNC)C(N)N2)CO1. The molecule has 8 nitrogen and oxygen atoms in total. The second kappa shape index (κ2) is 15.9. The summed E-state index contributed by atoms with van der Waals surface area (Å²) in [5.41, 5.74) is 13.2. The fourth-order valence-electron chi connectivity index (χ4n) is 6.85. The van der Waals surface area contributed by atoms with Crippen molar-refractivity contribution in [2.75, 3.05) is 20.2 Å². The van der Waals surface area contributed by atoms with Crippen molar-refractivity contribution in [3.63, 3.8) is 0 Å². The number of rotatable bonds is 8. The van der Waals surface area contributed by atoms with E-state index in [1.54, 1.807) is 6.07 Å². The zero-order valence-electron chi connectivity index (χ0n) is 28.3. The molecule has 6 rings (SSSR count). The molecule has 0 spiro atoms. The van der Waals surface area contributed by atoms with Crippen LogP contribution in [0.1, 0.15) is 67.7 Å². The molecule has 3 heterocycles. The van der Waals surface area contributed by atoms with Crippen LogP contribution in [-0.4, -0.2) is 53.4 Å². The summed E-state index contributed by atoms with van der Waals surface area (Å²) < 4.78 is 15.1. The number of likely N-dealkylation sites (N-methyl/N-ethyl adjacent to an activating group) is 1. The number of fused-ring (bicyclic) bond motifs is 4. The number of hydrogen-bond donors (Lipinski definition) is 5. The number of unbranched alkanes of at least 4 members (excludes halogenated alkanes) is 2. The Balaban J connectivity index is 1.45. The summed E-state index contributed by atoms with van der Waals surface area (Å²) in [6, 6.07) is 20.4. The van der Waals surface area contributed by atoms with Crippen molar-refractivity contribution in [2.24, 2.45) is 5.73 Å². The molecule has 2 aliphatic rings. The molecule has 254 valence electrons. The van der Waals surface area contributed by atoms with Crippen molar-refractivity contribution in [2.45, 2.75) is 83.3 Å². The number of aliphatic hydroxyl groups is 1. The van der Waals surface area contributed by atoms with Gasteiger partial charge < -0.3 is 40.6 Å². The van der Waals surface area contributed by atoms with Gasteiger partial charge in [-0.1, -0.05) is 68.7 Å². The summed E-state index contributed by atoms with van der Waals surface area (Å²) >= 11 is 0. The number of dihydropyridines is 1. The van der Waals surface area contributed by atoms with E-state index in [9.17, 15) is 10.2 Å². The molecule has 3 aromatic carbocycles. The summed E-state index contributed by atoms with van der Waals surface area (Å²) in [7, 11) is 1.92. The number of nitrogens with zero attached hydrogens (tertiary/aromatic N) is 1. The maximum atomic E-state index is 11.2. The first-order valence-electron chi connectivity index (χ1n) is 17.4. The van der Waals surface area contributed by atoms with E-state index >= 15 is 0 Å². The van der Waals surface area contributed by atoms with Gasteiger partial charge in [0.05, 0.1) is 25.0 Å². The predicted octanol–water partition coefficient (Wildman–Crippen LogP) is 6.38. The largest absolute Gasteiger partial charge is 0.504 e. The predicted molar refractivity (Wildman–Crippen MR) is 193 cm³/mol. The lowest BCUT2D eigenvalue weighted by atomic mass is 9.99. The first-order valence-corrected chi connectivity index (χ1v) is 17.4. The van der Waals surface area contributed by atoms with E-state index < -0.39 is 6.10 Å². The van der Waals surface area contributed by atoms with Crippen molar-refractivity contribution < 1.29 is 19.7 Å². The third-order valence-corrected chi connectivity index (χ3v) is 9.46. The first-order chi connectivity index (χ1) is 23.4. The number of aliphatic hydroxyl groups excluding tert-OH is 1. The Bertz CT molecular complexity index is 1740. The average molecular weight is 651 g/mol. The highest BCUT2D eigenvalue weighted by Gasteiger charge is 2.24. The molecule has 0 saturated heterocycles. The molecular formula is C40H50N4O4. The number of phenolic OH excluding ortho intramolecular Hbond substituents is 1. The van der Waals surface area contributed by atoms with Crippen molar-refractivity contribution >= 4 is 16.6 Å². The monoisotopic (exact) mass is 650 g/mol. The molecule has 3 atom stereocenters. The van der Waals surface area contributed by atoms with Crippen molar-refractivity contribution in [3.05, 3.63) is 113 Å². The minimum absolute atomic E-state index is 0.0782. The molecule has 4 aromatic rings. The number of aromatic hydroxyl groups is 1. The van der Waals surface area contributed by atoms with Crippen LogP contribution in [0.5, 0.6) is 11.5 Å². The van der Waals surface area contributed by atoms with Crippen molar-refractivity contribution in [3.8, 4) is 11.5 Å². The molecule has 48 heavy (non-hydrogen) atoms. The van der Waals surface area contributed by atoms with E-state index in [0.29, 0.717) is 38.2 Å². The number of hydrogen-bond acceptors (Lipinski definition) is 7. The number of ether oxygens (including phenoxy) is 2. The normalized spacial score (nSPS) is 20.4. The number of nitrogens with one attached hydrogen (secondary N) is 2. The quantitative estimate of drug-likeness (QED) is 0.141. The van der Waals surface area contributed by atoms with E-state index in [4.69, 9.17) is 15.2 Å². The average Bonchev–Trinajstić information content (AvgIpc) is 3.51.